The lowest BCUT2D eigenvalue weighted by Crippen LogP contribution is -2.19. The van der Waals surface area contributed by atoms with Crippen LogP contribution in [0.2, 0.25) is 0 Å². The molecule has 0 bridgehead atoms. The van der Waals surface area contributed by atoms with Gasteiger partial charge < -0.3 is 5.11 Å². The Bertz CT molecular complexity index is 187. The van der Waals surface area contributed by atoms with Crippen LogP contribution in [-0.4, -0.2) is 11.4 Å². The standard InChI is InChI=1S/C8H13NO2/c1-6-2-4-7(5-3-6)8(10)11-9/h2,4-6,8,10H,3,9H2,1H3. The lowest BCUT2D eigenvalue weighted by atomic mass is 9.98. The third kappa shape index (κ3) is 2.15. The number of hydrogen-bond donors (Lipinski definition) is 2. The Kier molecular flexibility index (Phi) is 2.82. The predicted molar refractivity (Wildman–Crippen MR) is 42.3 cm³/mol. The van der Waals surface area contributed by atoms with E-state index in [1.807, 2.05) is 18.2 Å². The molecule has 1 rings (SSSR count). The molecule has 0 heterocycles. The highest BCUT2D eigenvalue weighted by molar-refractivity contribution is 5.25. The Hall–Kier alpha value is -0.640. The maximum absolute atomic E-state index is 9.10. The van der Waals surface area contributed by atoms with Crippen molar-refractivity contribution in [2.45, 2.75) is 19.6 Å². The summed E-state index contributed by atoms with van der Waals surface area (Å²) in [6, 6.07) is 0. The van der Waals surface area contributed by atoms with Gasteiger partial charge in [0, 0.05) is 5.57 Å². The Morgan fingerprint density at radius 1 is 1.82 bits per heavy atom. The first kappa shape index (κ1) is 8.46. The van der Waals surface area contributed by atoms with Gasteiger partial charge >= 0.3 is 0 Å². The number of aliphatic hydroxyl groups is 1. The van der Waals surface area contributed by atoms with Crippen molar-refractivity contribution in [3.63, 3.8) is 0 Å². The van der Waals surface area contributed by atoms with Gasteiger partial charge in [0.25, 0.3) is 0 Å². The van der Waals surface area contributed by atoms with Crippen molar-refractivity contribution in [1.29, 1.82) is 0 Å². The van der Waals surface area contributed by atoms with Gasteiger partial charge in [0.05, 0.1) is 0 Å². The third-order valence-electron chi connectivity index (χ3n) is 1.76. The van der Waals surface area contributed by atoms with Crippen molar-refractivity contribution in [3.8, 4) is 0 Å². The van der Waals surface area contributed by atoms with E-state index in [2.05, 4.69) is 11.8 Å². The van der Waals surface area contributed by atoms with Gasteiger partial charge in [-0.15, -0.1) is 0 Å². The molecule has 0 aromatic rings. The molecule has 2 unspecified atom stereocenters. The highest BCUT2D eigenvalue weighted by atomic mass is 16.7. The molecular formula is C8H13NO2. The lowest BCUT2D eigenvalue weighted by molar-refractivity contribution is -0.0725. The van der Waals surface area contributed by atoms with Gasteiger partial charge in [-0.1, -0.05) is 25.2 Å². The minimum Gasteiger partial charge on any atom is -0.363 e. The molecular weight excluding hydrogens is 142 g/mol. The van der Waals surface area contributed by atoms with E-state index >= 15 is 0 Å². The van der Waals surface area contributed by atoms with Crippen LogP contribution in [0.3, 0.4) is 0 Å². The average molecular weight is 155 g/mol. The predicted octanol–water partition coefficient (Wildman–Crippen LogP) is 0.718. The van der Waals surface area contributed by atoms with E-state index in [0.717, 1.165) is 12.0 Å². The van der Waals surface area contributed by atoms with Crippen LogP contribution in [0.1, 0.15) is 13.3 Å². The summed E-state index contributed by atoms with van der Waals surface area (Å²) in [5, 5.41) is 9.10. The van der Waals surface area contributed by atoms with Crippen molar-refractivity contribution in [2.75, 3.05) is 0 Å². The van der Waals surface area contributed by atoms with Crippen LogP contribution in [0.5, 0.6) is 0 Å². The fourth-order valence-corrected chi connectivity index (χ4v) is 1.01. The first-order valence-corrected chi connectivity index (χ1v) is 3.66. The van der Waals surface area contributed by atoms with Gasteiger partial charge in [-0.25, -0.2) is 5.90 Å². The number of hydrogen-bond acceptors (Lipinski definition) is 3. The molecule has 0 radical (unpaired) electrons. The molecule has 3 N–H and O–H groups in total. The number of rotatable bonds is 2. The minimum absolute atomic E-state index is 0.545. The molecule has 0 aromatic heterocycles. The molecule has 2 atom stereocenters. The molecule has 0 fully saturated rings. The Morgan fingerprint density at radius 3 is 3.00 bits per heavy atom. The van der Waals surface area contributed by atoms with Gasteiger partial charge in [-0.3, -0.25) is 4.84 Å². The summed E-state index contributed by atoms with van der Waals surface area (Å²) in [5.41, 5.74) is 0.741. The number of aliphatic hydroxyl groups excluding tert-OH is 1. The van der Waals surface area contributed by atoms with E-state index < -0.39 is 6.29 Å². The van der Waals surface area contributed by atoms with E-state index in [4.69, 9.17) is 11.0 Å². The van der Waals surface area contributed by atoms with E-state index in [1.165, 1.54) is 0 Å². The van der Waals surface area contributed by atoms with Crippen molar-refractivity contribution in [1.82, 2.24) is 0 Å². The Balaban J connectivity index is 2.55. The summed E-state index contributed by atoms with van der Waals surface area (Å²) in [6.07, 6.45) is 5.76. The summed E-state index contributed by atoms with van der Waals surface area (Å²) in [7, 11) is 0. The monoisotopic (exact) mass is 155 g/mol. The molecule has 3 heteroatoms. The molecule has 1 aliphatic rings. The quantitative estimate of drug-likeness (QED) is 0.456. The van der Waals surface area contributed by atoms with Crippen LogP contribution in [0.25, 0.3) is 0 Å². The van der Waals surface area contributed by atoms with Gasteiger partial charge in [0.2, 0.25) is 0 Å². The zero-order chi connectivity index (χ0) is 8.27. The van der Waals surface area contributed by atoms with E-state index in [0.29, 0.717) is 5.92 Å². The second-order valence-corrected chi connectivity index (χ2v) is 2.76. The van der Waals surface area contributed by atoms with E-state index in [9.17, 15) is 0 Å². The van der Waals surface area contributed by atoms with Crippen molar-refractivity contribution < 1.29 is 9.94 Å². The second kappa shape index (κ2) is 3.67. The smallest absolute Gasteiger partial charge is 0.200 e. The summed E-state index contributed by atoms with van der Waals surface area (Å²) >= 11 is 0. The van der Waals surface area contributed by atoms with Crippen molar-refractivity contribution in [2.24, 2.45) is 11.8 Å². The summed E-state index contributed by atoms with van der Waals surface area (Å²) in [5.74, 6) is 5.36. The molecule has 0 saturated heterocycles. The van der Waals surface area contributed by atoms with Crippen LogP contribution in [0, 0.1) is 5.92 Å². The Morgan fingerprint density at radius 2 is 2.55 bits per heavy atom. The molecule has 3 nitrogen and oxygen atoms in total. The average Bonchev–Trinajstić information content (AvgIpc) is 2.05. The molecule has 0 saturated carbocycles. The van der Waals surface area contributed by atoms with Crippen molar-refractivity contribution in [3.05, 3.63) is 23.8 Å². The molecule has 62 valence electrons. The van der Waals surface area contributed by atoms with Gasteiger partial charge in [0.15, 0.2) is 6.29 Å². The fraction of sp³-hybridized carbons (Fsp3) is 0.500. The molecule has 0 amide bonds. The van der Waals surface area contributed by atoms with Crippen LogP contribution in [0.15, 0.2) is 23.8 Å². The van der Waals surface area contributed by atoms with Crippen molar-refractivity contribution >= 4 is 0 Å². The van der Waals surface area contributed by atoms with E-state index in [-0.39, 0.29) is 0 Å². The molecule has 0 aliphatic heterocycles. The zero-order valence-corrected chi connectivity index (χ0v) is 6.53. The molecule has 1 aliphatic carbocycles. The largest absolute Gasteiger partial charge is 0.363 e. The van der Waals surface area contributed by atoms with Crippen LogP contribution < -0.4 is 5.90 Å². The SMILES string of the molecule is CC1C=CC(C(O)ON)=CC1. The summed E-state index contributed by atoms with van der Waals surface area (Å²) < 4.78 is 0. The maximum Gasteiger partial charge on any atom is 0.200 e. The van der Waals surface area contributed by atoms with Crippen LogP contribution >= 0.6 is 0 Å². The summed E-state index contributed by atoms with van der Waals surface area (Å²) in [6.45, 7) is 2.11. The summed E-state index contributed by atoms with van der Waals surface area (Å²) in [4.78, 5) is 4.26. The highest BCUT2D eigenvalue weighted by Gasteiger charge is 2.10. The maximum atomic E-state index is 9.10. The molecule has 0 spiro atoms. The second-order valence-electron chi connectivity index (χ2n) is 2.76. The highest BCUT2D eigenvalue weighted by Crippen LogP contribution is 2.17. The first-order chi connectivity index (χ1) is 5.24. The van der Waals surface area contributed by atoms with Gasteiger partial charge in [0.1, 0.15) is 0 Å². The topological polar surface area (TPSA) is 55.5 Å². The lowest BCUT2D eigenvalue weighted by Gasteiger charge is -2.14. The zero-order valence-electron chi connectivity index (χ0n) is 6.53. The van der Waals surface area contributed by atoms with Gasteiger partial charge in [-0.05, 0) is 12.3 Å². The number of allylic oxidation sites excluding steroid dienone is 2. The third-order valence-corrected chi connectivity index (χ3v) is 1.76. The van der Waals surface area contributed by atoms with E-state index in [1.54, 1.807) is 0 Å². The number of nitrogens with two attached hydrogens (primary N) is 1. The van der Waals surface area contributed by atoms with Crippen LogP contribution in [0.4, 0.5) is 0 Å². The van der Waals surface area contributed by atoms with Gasteiger partial charge in [-0.2, -0.15) is 0 Å². The normalized spacial score (nSPS) is 26.5. The minimum atomic E-state index is -0.973. The molecule has 11 heavy (non-hydrogen) atoms. The first-order valence-electron chi connectivity index (χ1n) is 3.66. The molecule has 0 aromatic carbocycles. The Labute approximate surface area is 66.1 Å². The van der Waals surface area contributed by atoms with Crippen LogP contribution in [-0.2, 0) is 4.84 Å². The fourth-order valence-electron chi connectivity index (χ4n) is 1.01.